The van der Waals surface area contributed by atoms with Gasteiger partial charge in [0.25, 0.3) is 0 Å². The monoisotopic (exact) mass is 284 g/mol. The number of piperidine rings is 1. The summed E-state index contributed by atoms with van der Waals surface area (Å²) >= 11 is 0. The number of carbonyl (C=O) groups is 2. The zero-order valence-corrected chi connectivity index (χ0v) is 13.2. The molecule has 1 aliphatic rings. The van der Waals surface area contributed by atoms with E-state index in [9.17, 15) is 9.59 Å². The van der Waals surface area contributed by atoms with Crippen LogP contribution in [0.3, 0.4) is 0 Å². The maximum atomic E-state index is 12.2. The molecule has 0 spiro atoms. The van der Waals surface area contributed by atoms with Crippen molar-refractivity contribution in [3.63, 3.8) is 0 Å². The summed E-state index contributed by atoms with van der Waals surface area (Å²) < 4.78 is 0. The molecule has 1 saturated heterocycles. The van der Waals surface area contributed by atoms with Gasteiger partial charge >= 0.3 is 5.97 Å². The quantitative estimate of drug-likeness (QED) is 0.808. The summed E-state index contributed by atoms with van der Waals surface area (Å²) in [6, 6.07) is 0.250. The highest BCUT2D eigenvalue weighted by Crippen LogP contribution is 2.24. The third-order valence-corrected chi connectivity index (χ3v) is 4.21. The van der Waals surface area contributed by atoms with Crippen LogP contribution in [-0.4, -0.2) is 59.5 Å². The molecular weight excluding hydrogens is 256 g/mol. The lowest BCUT2D eigenvalue weighted by Crippen LogP contribution is -2.47. The van der Waals surface area contributed by atoms with E-state index in [4.69, 9.17) is 5.11 Å². The van der Waals surface area contributed by atoms with E-state index in [1.807, 2.05) is 0 Å². The van der Waals surface area contributed by atoms with Crippen LogP contribution in [0.1, 0.15) is 46.5 Å². The topological polar surface area (TPSA) is 60.9 Å². The average molecular weight is 284 g/mol. The highest BCUT2D eigenvalue weighted by Gasteiger charge is 2.33. The van der Waals surface area contributed by atoms with Crippen LogP contribution in [0, 0.1) is 5.41 Å². The van der Waals surface area contributed by atoms with Gasteiger partial charge in [-0.3, -0.25) is 9.59 Å². The van der Waals surface area contributed by atoms with Crippen LogP contribution in [0.2, 0.25) is 0 Å². The first kappa shape index (κ1) is 17.0. The van der Waals surface area contributed by atoms with Crippen molar-refractivity contribution in [2.75, 3.05) is 26.7 Å². The molecule has 0 aromatic rings. The normalized spacial score (nSPS) is 18.0. The molecule has 1 rings (SSSR count). The Hall–Kier alpha value is -1.10. The molecule has 0 unspecified atom stereocenters. The lowest BCUT2D eigenvalue weighted by molar-refractivity contribution is -0.151. The fourth-order valence-corrected chi connectivity index (χ4v) is 2.63. The number of likely N-dealkylation sites (tertiary alicyclic amines) is 1. The Labute approximate surface area is 121 Å². The zero-order chi connectivity index (χ0) is 15.3. The molecule has 0 atom stereocenters. The number of aliphatic carboxylic acids is 1. The fourth-order valence-electron chi connectivity index (χ4n) is 2.63. The van der Waals surface area contributed by atoms with E-state index < -0.39 is 11.4 Å². The lowest BCUT2D eigenvalue weighted by atomic mass is 9.88. The molecular formula is C15H28N2O3. The number of nitrogens with zero attached hydrogens (tertiary/aromatic N) is 2. The molecule has 0 bridgehead atoms. The summed E-state index contributed by atoms with van der Waals surface area (Å²) in [5.74, 6) is -0.983. The Morgan fingerprint density at radius 1 is 1.30 bits per heavy atom. The highest BCUT2D eigenvalue weighted by atomic mass is 16.4. The Bertz CT molecular complexity index is 347. The number of hydrogen-bond donors (Lipinski definition) is 1. The van der Waals surface area contributed by atoms with Crippen molar-refractivity contribution in [1.82, 2.24) is 9.80 Å². The molecule has 20 heavy (non-hydrogen) atoms. The predicted octanol–water partition coefficient (Wildman–Crippen LogP) is 1.82. The van der Waals surface area contributed by atoms with E-state index in [1.165, 1.54) is 0 Å². The molecule has 5 heteroatoms. The van der Waals surface area contributed by atoms with Crippen LogP contribution in [-0.2, 0) is 9.59 Å². The molecule has 0 aliphatic carbocycles. The van der Waals surface area contributed by atoms with E-state index in [-0.39, 0.29) is 18.4 Å². The molecule has 1 N–H and O–H groups in total. The minimum absolute atomic E-state index is 0.0635. The van der Waals surface area contributed by atoms with Gasteiger partial charge in [0.05, 0.1) is 5.41 Å². The number of hydrogen-bond acceptors (Lipinski definition) is 3. The molecule has 0 radical (unpaired) electrons. The number of rotatable bonds is 6. The van der Waals surface area contributed by atoms with Gasteiger partial charge in [0.15, 0.2) is 0 Å². The van der Waals surface area contributed by atoms with Crippen molar-refractivity contribution in [3.8, 4) is 0 Å². The zero-order valence-electron chi connectivity index (χ0n) is 13.2. The van der Waals surface area contributed by atoms with E-state index in [1.54, 1.807) is 25.8 Å². The van der Waals surface area contributed by atoms with Gasteiger partial charge in [0.1, 0.15) is 0 Å². The summed E-state index contributed by atoms with van der Waals surface area (Å²) in [6.07, 6.45) is 3.19. The van der Waals surface area contributed by atoms with Crippen molar-refractivity contribution in [1.29, 1.82) is 0 Å². The molecule has 1 amide bonds. The summed E-state index contributed by atoms with van der Waals surface area (Å²) in [5.41, 5.74) is -0.992. The summed E-state index contributed by atoms with van der Waals surface area (Å²) in [4.78, 5) is 27.5. The Morgan fingerprint density at radius 3 is 2.30 bits per heavy atom. The van der Waals surface area contributed by atoms with Gasteiger partial charge in [-0.05, 0) is 39.7 Å². The molecule has 1 heterocycles. The third kappa shape index (κ3) is 4.47. The van der Waals surface area contributed by atoms with E-state index in [0.717, 1.165) is 38.9 Å². The van der Waals surface area contributed by atoms with E-state index >= 15 is 0 Å². The van der Waals surface area contributed by atoms with Crippen LogP contribution in [0.15, 0.2) is 0 Å². The van der Waals surface area contributed by atoms with Crippen molar-refractivity contribution in [2.45, 2.75) is 52.5 Å². The van der Waals surface area contributed by atoms with Crippen molar-refractivity contribution in [3.05, 3.63) is 0 Å². The molecule has 0 aromatic carbocycles. The lowest BCUT2D eigenvalue weighted by Gasteiger charge is -2.37. The largest absolute Gasteiger partial charge is 0.481 e. The minimum atomic E-state index is -0.992. The van der Waals surface area contributed by atoms with Crippen molar-refractivity contribution in [2.24, 2.45) is 5.41 Å². The summed E-state index contributed by atoms with van der Waals surface area (Å²) in [7, 11) is 1.81. The summed E-state index contributed by atoms with van der Waals surface area (Å²) in [6.45, 7) is 8.55. The Kier molecular flexibility index (Phi) is 5.99. The third-order valence-electron chi connectivity index (χ3n) is 4.21. The smallest absolute Gasteiger partial charge is 0.309 e. The minimum Gasteiger partial charge on any atom is -0.481 e. The number of carboxylic acids is 1. The first-order chi connectivity index (χ1) is 9.27. The van der Waals surface area contributed by atoms with E-state index in [0.29, 0.717) is 0 Å². The van der Waals surface area contributed by atoms with Crippen LogP contribution in [0.5, 0.6) is 0 Å². The second-order valence-corrected chi connectivity index (χ2v) is 6.44. The van der Waals surface area contributed by atoms with Gasteiger partial charge in [0.2, 0.25) is 5.91 Å². The van der Waals surface area contributed by atoms with Gasteiger partial charge in [-0.15, -0.1) is 0 Å². The van der Waals surface area contributed by atoms with Crippen LogP contribution in [0.25, 0.3) is 0 Å². The molecule has 116 valence electrons. The fraction of sp³-hybridized carbons (Fsp3) is 0.867. The Balaban J connectivity index is 2.48. The van der Waals surface area contributed by atoms with Crippen molar-refractivity contribution < 1.29 is 14.7 Å². The maximum absolute atomic E-state index is 12.2. The SMILES string of the molecule is CCCN1CCC(N(C)C(=O)CC(C)(C)C(=O)O)CC1. The second-order valence-electron chi connectivity index (χ2n) is 6.44. The van der Waals surface area contributed by atoms with Gasteiger partial charge in [-0.2, -0.15) is 0 Å². The maximum Gasteiger partial charge on any atom is 0.309 e. The van der Waals surface area contributed by atoms with Gasteiger partial charge in [0, 0.05) is 32.6 Å². The number of carboxylic acid groups (broad SMARTS) is 1. The molecule has 5 nitrogen and oxygen atoms in total. The number of amides is 1. The van der Waals surface area contributed by atoms with Crippen LogP contribution >= 0.6 is 0 Å². The molecule has 0 aromatic heterocycles. The van der Waals surface area contributed by atoms with Crippen LogP contribution < -0.4 is 0 Å². The average Bonchev–Trinajstić information content (AvgIpc) is 2.38. The van der Waals surface area contributed by atoms with Crippen LogP contribution in [0.4, 0.5) is 0 Å². The van der Waals surface area contributed by atoms with Gasteiger partial charge in [-0.25, -0.2) is 0 Å². The molecule has 1 aliphatic heterocycles. The first-order valence-electron chi connectivity index (χ1n) is 7.49. The number of carbonyl (C=O) groups excluding carboxylic acids is 1. The van der Waals surface area contributed by atoms with Gasteiger partial charge in [-0.1, -0.05) is 6.92 Å². The van der Waals surface area contributed by atoms with E-state index in [2.05, 4.69) is 11.8 Å². The van der Waals surface area contributed by atoms with Crippen molar-refractivity contribution >= 4 is 11.9 Å². The standard InChI is InChI=1S/C15H28N2O3/c1-5-8-17-9-6-12(7-10-17)16(4)13(18)11-15(2,3)14(19)20/h12H,5-11H2,1-4H3,(H,19,20). The molecule has 0 saturated carbocycles. The predicted molar refractivity (Wildman–Crippen MR) is 78.6 cm³/mol. The second kappa shape index (κ2) is 7.07. The highest BCUT2D eigenvalue weighted by molar-refractivity contribution is 5.84. The molecule has 1 fully saturated rings. The summed E-state index contributed by atoms with van der Waals surface area (Å²) in [5, 5.41) is 9.10. The Morgan fingerprint density at radius 2 is 1.85 bits per heavy atom. The van der Waals surface area contributed by atoms with Gasteiger partial charge < -0.3 is 14.9 Å². The first-order valence-corrected chi connectivity index (χ1v) is 7.49.